The van der Waals surface area contributed by atoms with Gasteiger partial charge in [0.2, 0.25) is 5.91 Å². The molecule has 0 unspecified atom stereocenters. The van der Waals surface area contributed by atoms with E-state index < -0.39 is 6.04 Å². The zero-order valence-electron chi connectivity index (χ0n) is 18.8. The molecule has 0 radical (unpaired) electrons. The molecular formula is C25H34N2O3. The SMILES string of the molecule is CC[C@H](C)NC(=O)[C@H](CC)N(Cc1cccc(C)c1)C(=O)COc1ccc(C)cc1. The third-order valence-electron chi connectivity index (χ3n) is 5.21. The van der Waals surface area contributed by atoms with Crippen molar-refractivity contribution in [3.63, 3.8) is 0 Å². The molecule has 5 heteroatoms. The topological polar surface area (TPSA) is 58.6 Å². The molecule has 0 spiro atoms. The second-order valence-corrected chi connectivity index (χ2v) is 7.85. The summed E-state index contributed by atoms with van der Waals surface area (Å²) in [6.07, 6.45) is 1.37. The number of rotatable bonds is 10. The van der Waals surface area contributed by atoms with Crippen LogP contribution in [0.15, 0.2) is 48.5 Å². The quantitative estimate of drug-likeness (QED) is 0.631. The molecule has 0 bridgehead atoms. The van der Waals surface area contributed by atoms with Crippen LogP contribution in [0.1, 0.15) is 50.3 Å². The van der Waals surface area contributed by atoms with Gasteiger partial charge in [0.25, 0.3) is 5.91 Å². The minimum absolute atomic E-state index is 0.0614. The summed E-state index contributed by atoms with van der Waals surface area (Å²) >= 11 is 0. The van der Waals surface area contributed by atoms with E-state index >= 15 is 0 Å². The maximum absolute atomic E-state index is 13.2. The molecule has 30 heavy (non-hydrogen) atoms. The number of carbonyl (C=O) groups is 2. The van der Waals surface area contributed by atoms with Gasteiger partial charge in [0.15, 0.2) is 6.61 Å². The van der Waals surface area contributed by atoms with Crippen LogP contribution >= 0.6 is 0 Å². The van der Waals surface area contributed by atoms with E-state index in [1.807, 2.05) is 83.1 Å². The minimum atomic E-state index is -0.548. The Morgan fingerprint density at radius 2 is 1.70 bits per heavy atom. The number of hydrogen-bond donors (Lipinski definition) is 1. The monoisotopic (exact) mass is 410 g/mol. The first-order valence-corrected chi connectivity index (χ1v) is 10.7. The lowest BCUT2D eigenvalue weighted by molar-refractivity contribution is -0.143. The summed E-state index contributed by atoms with van der Waals surface area (Å²) in [5.74, 6) is 0.313. The molecule has 0 heterocycles. The largest absolute Gasteiger partial charge is 0.484 e. The standard InChI is InChI=1S/C25H34N2O3/c1-6-20(5)26-25(29)23(7-2)27(16-21-10-8-9-19(4)15-21)24(28)17-30-22-13-11-18(3)12-14-22/h8-15,20,23H,6-7,16-17H2,1-5H3,(H,26,29)/t20-,23-/m0/s1. The van der Waals surface area contributed by atoms with Gasteiger partial charge in [-0.1, -0.05) is 61.4 Å². The molecular weight excluding hydrogens is 376 g/mol. The molecule has 0 aliphatic rings. The molecule has 162 valence electrons. The van der Waals surface area contributed by atoms with Crippen LogP contribution in [0, 0.1) is 13.8 Å². The lowest BCUT2D eigenvalue weighted by Crippen LogP contribution is -2.51. The molecule has 2 aromatic rings. The van der Waals surface area contributed by atoms with E-state index in [0.717, 1.165) is 23.1 Å². The Morgan fingerprint density at radius 3 is 2.30 bits per heavy atom. The van der Waals surface area contributed by atoms with Gasteiger partial charge < -0.3 is 15.0 Å². The molecule has 0 fully saturated rings. The predicted octanol–water partition coefficient (Wildman–Crippen LogP) is 4.40. The second kappa shape index (κ2) is 11.4. The third-order valence-corrected chi connectivity index (χ3v) is 5.21. The highest BCUT2D eigenvalue weighted by Crippen LogP contribution is 2.16. The molecule has 2 amide bonds. The van der Waals surface area contributed by atoms with Crippen molar-refractivity contribution < 1.29 is 14.3 Å². The number of ether oxygens (including phenoxy) is 1. The van der Waals surface area contributed by atoms with Crippen molar-refractivity contribution in [3.8, 4) is 5.75 Å². The first-order chi connectivity index (χ1) is 14.3. The number of nitrogens with zero attached hydrogens (tertiary/aromatic N) is 1. The van der Waals surface area contributed by atoms with Crippen molar-refractivity contribution in [2.45, 2.75) is 66.1 Å². The number of hydrogen-bond acceptors (Lipinski definition) is 3. The zero-order valence-corrected chi connectivity index (χ0v) is 18.8. The maximum atomic E-state index is 13.2. The maximum Gasteiger partial charge on any atom is 0.261 e. The number of nitrogens with one attached hydrogen (secondary N) is 1. The van der Waals surface area contributed by atoms with Crippen LogP contribution in [0.4, 0.5) is 0 Å². The molecule has 0 saturated carbocycles. The van der Waals surface area contributed by atoms with Gasteiger partial charge in [0, 0.05) is 12.6 Å². The van der Waals surface area contributed by atoms with Gasteiger partial charge >= 0.3 is 0 Å². The lowest BCUT2D eigenvalue weighted by Gasteiger charge is -2.31. The minimum Gasteiger partial charge on any atom is -0.484 e. The van der Waals surface area contributed by atoms with Gasteiger partial charge in [-0.2, -0.15) is 0 Å². The molecule has 0 saturated heterocycles. The summed E-state index contributed by atoms with van der Waals surface area (Å²) in [5, 5.41) is 3.02. The fourth-order valence-corrected chi connectivity index (χ4v) is 3.23. The molecule has 1 N–H and O–H groups in total. The average molecular weight is 411 g/mol. The number of amides is 2. The van der Waals surface area contributed by atoms with Gasteiger partial charge in [-0.3, -0.25) is 9.59 Å². The second-order valence-electron chi connectivity index (χ2n) is 7.85. The van der Waals surface area contributed by atoms with Crippen LogP contribution in [0.5, 0.6) is 5.75 Å². The van der Waals surface area contributed by atoms with Gasteiger partial charge in [-0.05, 0) is 51.3 Å². The summed E-state index contributed by atoms with van der Waals surface area (Å²) in [4.78, 5) is 27.7. The summed E-state index contributed by atoms with van der Waals surface area (Å²) in [6.45, 7) is 10.2. The van der Waals surface area contributed by atoms with Crippen molar-refractivity contribution in [2.24, 2.45) is 0 Å². The first kappa shape index (κ1) is 23.5. The summed E-state index contributed by atoms with van der Waals surface area (Å²) in [6, 6.07) is 15.1. The fourth-order valence-electron chi connectivity index (χ4n) is 3.23. The van der Waals surface area contributed by atoms with Crippen LogP contribution < -0.4 is 10.1 Å². The smallest absolute Gasteiger partial charge is 0.261 e. The van der Waals surface area contributed by atoms with Gasteiger partial charge in [-0.15, -0.1) is 0 Å². The van der Waals surface area contributed by atoms with Crippen molar-refractivity contribution >= 4 is 11.8 Å². The average Bonchev–Trinajstić information content (AvgIpc) is 2.72. The predicted molar refractivity (Wildman–Crippen MR) is 120 cm³/mol. The molecule has 5 nitrogen and oxygen atoms in total. The number of aryl methyl sites for hydroxylation is 2. The van der Waals surface area contributed by atoms with Crippen LogP contribution in [-0.2, 0) is 16.1 Å². The van der Waals surface area contributed by atoms with E-state index in [-0.39, 0.29) is 24.5 Å². The van der Waals surface area contributed by atoms with Crippen LogP contribution in [0.2, 0.25) is 0 Å². The highest BCUT2D eigenvalue weighted by molar-refractivity contribution is 5.88. The van der Waals surface area contributed by atoms with E-state index in [2.05, 4.69) is 5.32 Å². The van der Waals surface area contributed by atoms with Gasteiger partial charge in [0.1, 0.15) is 11.8 Å². The fraction of sp³-hybridized carbons (Fsp3) is 0.440. The molecule has 2 aromatic carbocycles. The normalized spacial score (nSPS) is 12.7. The molecule has 2 atom stereocenters. The molecule has 0 aliphatic heterocycles. The van der Waals surface area contributed by atoms with Crippen molar-refractivity contribution in [2.75, 3.05) is 6.61 Å². The van der Waals surface area contributed by atoms with E-state index in [4.69, 9.17) is 4.74 Å². The summed E-state index contributed by atoms with van der Waals surface area (Å²) < 4.78 is 5.72. The van der Waals surface area contributed by atoms with E-state index in [1.165, 1.54) is 0 Å². The lowest BCUT2D eigenvalue weighted by atomic mass is 10.1. The van der Waals surface area contributed by atoms with Gasteiger partial charge in [0.05, 0.1) is 0 Å². The Balaban J connectivity index is 2.20. The van der Waals surface area contributed by atoms with Crippen LogP contribution in [-0.4, -0.2) is 35.4 Å². The first-order valence-electron chi connectivity index (χ1n) is 10.7. The molecule has 2 rings (SSSR count). The Hall–Kier alpha value is -2.82. The Bertz CT molecular complexity index is 833. The zero-order chi connectivity index (χ0) is 22.1. The van der Waals surface area contributed by atoms with Crippen molar-refractivity contribution in [3.05, 3.63) is 65.2 Å². The van der Waals surface area contributed by atoms with E-state index in [0.29, 0.717) is 18.7 Å². The van der Waals surface area contributed by atoms with Gasteiger partial charge in [-0.25, -0.2) is 0 Å². The highest BCUT2D eigenvalue weighted by atomic mass is 16.5. The van der Waals surface area contributed by atoms with Crippen molar-refractivity contribution in [1.82, 2.24) is 10.2 Å². The van der Waals surface area contributed by atoms with E-state index in [1.54, 1.807) is 4.90 Å². The molecule has 0 aliphatic carbocycles. The van der Waals surface area contributed by atoms with E-state index in [9.17, 15) is 9.59 Å². The third kappa shape index (κ3) is 6.90. The number of carbonyl (C=O) groups excluding carboxylic acids is 2. The Labute approximate surface area is 180 Å². The highest BCUT2D eigenvalue weighted by Gasteiger charge is 2.29. The number of benzene rings is 2. The molecule has 0 aromatic heterocycles. The van der Waals surface area contributed by atoms with Crippen LogP contribution in [0.25, 0.3) is 0 Å². The summed E-state index contributed by atoms with van der Waals surface area (Å²) in [7, 11) is 0. The Kier molecular flexibility index (Phi) is 8.90. The van der Waals surface area contributed by atoms with Crippen LogP contribution in [0.3, 0.4) is 0 Å². The summed E-state index contributed by atoms with van der Waals surface area (Å²) in [5.41, 5.74) is 3.24. The Morgan fingerprint density at radius 1 is 1.00 bits per heavy atom. The van der Waals surface area contributed by atoms with Crippen molar-refractivity contribution in [1.29, 1.82) is 0 Å².